The first-order valence-corrected chi connectivity index (χ1v) is 11.8. The molecule has 2 aromatic heterocycles. The lowest BCUT2D eigenvalue weighted by Gasteiger charge is -2.36. The fourth-order valence-electron chi connectivity index (χ4n) is 4.93. The molecule has 2 atom stereocenters. The number of fused-ring (bicyclic) bond motifs is 1. The Morgan fingerprint density at radius 2 is 2.06 bits per heavy atom. The maximum absolute atomic E-state index is 12.0. The molecule has 33 heavy (non-hydrogen) atoms. The number of carboxylic acid groups (broad SMARTS) is 1. The number of benzene rings is 1. The van der Waals surface area contributed by atoms with E-state index >= 15 is 0 Å². The van der Waals surface area contributed by atoms with Crippen molar-refractivity contribution in [2.45, 2.75) is 38.5 Å². The zero-order valence-corrected chi connectivity index (χ0v) is 19.2. The third-order valence-corrected chi connectivity index (χ3v) is 6.77. The van der Waals surface area contributed by atoms with Crippen molar-refractivity contribution in [3.63, 3.8) is 0 Å². The summed E-state index contributed by atoms with van der Waals surface area (Å²) in [5.74, 6) is 0.0877. The Kier molecular flexibility index (Phi) is 7.83. The van der Waals surface area contributed by atoms with Gasteiger partial charge in [-0.05, 0) is 93.4 Å². The maximum Gasteiger partial charge on any atom is 0.308 e. The summed E-state index contributed by atoms with van der Waals surface area (Å²) in [5.41, 5.74) is 3.25. The van der Waals surface area contributed by atoms with Crippen molar-refractivity contribution in [1.29, 1.82) is 0 Å². The van der Waals surface area contributed by atoms with Crippen LogP contribution in [-0.2, 0) is 17.6 Å². The molecule has 0 saturated carbocycles. The average Bonchev–Trinajstić information content (AvgIpc) is 2.85. The molecular formula is C26H32N4O3. The van der Waals surface area contributed by atoms with Crippen molar-refractivity contribution in [1.82, 2.24) is 19.9 Å². The number of ether oxygens (including phenoxy) is 1. The highest BCUT2D eigenvalue weighted by atomic mass is 16.5. The second-order valence-electron chi connectivity index (χ2n) is 8.84. The van der Waals surface area contributed by atoms with Crippen molar-refractivity contribution in [3.8, 4) is 5.75 Å². The summed E-state index contributed by atoms with van der Waals surface area (Å²) in [5, 5.41) is 11.0. The van der Waals surface area contributed by atoms with Gasteiger partial charge >= 0.3 is 5.97 Å². The molecule has 3 heterocycles. The molecule has 1 aliphatic heterocycles. The number of piperidine rings is 1. The summed E-state index contributed by atoms with van der Waals surface area (Å²) in [6.07, 6.45) is 10.8. The van der Waals surface area contributed by atoms with Crippen molar-refractivity contribution in [2.75, 3.05) is 26.7 Å². The number of pyridine rings is 1. The van der Waals surface area contributed by atoms with Crippen LogP contribution in [-0.4, -0.2) is 57.7 Å². The van der Waals surface area contributed by atoms with Gasteiger partial charge in [-0.2, -0.15) is 0 Å². The van der Waals surface area contributed by atoms with E-state index in [1.807, 2.05) is 30.5 Å². The monoisotopic (exact) mass is 448 g/mol. The number of aromatic nitrogens is 3. The van der Waals surface area contributed by atoms with Crippen molar-refractivity contribution < 1.29 is 14.6 Å². The zero-order valence-electron chi connectivity index (χ0n) is 19.2. The molecule has 1 aliphatic rings. The number of hydrogen-bond donors (Lipinski definition) is 1. The third kappa shape index (κ3) is 6.05. The highest BCUT2D eigenvalue weighted by Gasteiger charge is 2.33. The summed E-state index contributed by atoms with van der Waals surface area (Å²) < 4.78 is 5.38. The normalized spacial score (nSPS) is 18.9. The van der Waals surface area contributed by atoms with E-state index in [1.165, 1.54) is 5.56 Å². The lowest BCUT2D eigenvalue weighted by molar-refractivity contribution is -0.146. The lowest BCUT2D eigenvalue weighted by Crippen LogP contribution is -2.44. The van der Waals surface area contributed by atoms with Crippen LogP contribution < -0.4 is 4.74 Å². The molecule has 0 amide bonds. The number of carboxylic acids is 1. The summed E-state index contributed by atoms with van der Waals surface area (Å²) in [4.78, 5) is 27.0. The van der Waals surface area contributed by atoms with Gasteiger partial charge in [-0.3, -0.25) is 9.78 Å². The Labute approximate surface area is 194 Å². The van der Waals surface area contributed by atoms with E-state index in [2.05, 4.69) is 25.9 Å². The Bertz CT molecular complexity index is 1060. The standard InChI is InChI=1S/C26H32N4O3/c1-33-22-7-8-25-23(16-22)19(9-13-28-25)4-2-5-20-11-15-30(17-24(20)26(31)32)14-3-6-21-10-12-27-18-29-21/h7-10,12-13,16,18,20,24H,2-6,11,14-15,17H2,1H3,(H,31,32)/t20-,24+/m1/s1. The van der Waals surface area contributed by atoms with Gasteiger partial charge in [0.15, 0.2) is 0 Å². The molecule has 1 fully saturated rings. The van der Waals surface area contributed by atoms with E-state index in [9.17, 15) is 9.90 Å². The van der Waals surface area contributed by atoms with Gasteiger partial charge in [-0.15, -0.1) is 0 Å². The topological polar surface area (TPSA) is 88.4 Å². The summed E-state index contributed by atoms with van der Waals surface area (Å²) in [6, 6.07) is 9.96. The van der Waals surface area contributed by atoms with Gasteiger partial charge in [0, 0.05) is 30.0 Å². The molecule has 4 rings (SSSR count). The smallest absolute Gasteiger partial charge is 0.308 e. The van der Waals surface area contributed by atoms with Gasteiger partial charge < -0.3 is 14.7 Å². The predicted octanol–water partition coefficient (Wildman–Crippen LogP) is 4.01. The molecule has 0 radical (unpaired) electrons. The molecule has 0 aliphatic carbocycles. The number of nitrogens with zero attached hydrogens (tertiary/aromatic N) is 4. The van der Waals surface area contributed by atoms with Crippen molar-refractivity contribution >= 4 is 16.9 Å². The maximum atomic E-state index is 12.0. The fraction of sp³-hybridized carbons (Fsp3) is 0.462. The van der Waals surface area contributed by atoms with Crippen LogP contribution in [0.15, 0.2) is 49.1 Å². The molecule has 7 nitrogen and oxygen atoms in total. The van der Waals surface area contributed by atoms with E-state index in [0.717, 1.165) is 74.0 Å². The van der Waals surface area contributed by atoms with E-state index in [4.69, 9.17) is 4.74 Å². The highest BCUT2D eigenvalue weighted by Crippen LogP contribution is 2.30. The molecule has 1 aromatic carbocycles. The highest BCUT2D eigenvalue weighted by molar-refractivity contribution is 5.83. The molecule has 1 N–H and O–H groups in total. The number of methoxy groups -OCH3 is 1. The first kappa shape index (κ1) is 23.1. The minimum Gasteiger partial charge on any atom is -0.497 e. The largest absolute Gasteiger partial charge is 0.497 e. The molecule has 0 spiro atoms. The number of likely N-dealkylation sites (tertiary alicyclic amines) is 1. The van der Waals surface area contributed by atoms with Crippen LogP contribution in [0.25, 0.3) is 10.9 Å². The minimum absolute atomic E-state index is 0.225. The van der Waals surface area contributed by atoms with Crippen LogP contribution in [0.5, 0.6) is 5.75 Å². The molecule has 0 bridgehead atoms. The van der Waals surface area contributed by atoms with Crippen LogP contribution in [0.1, 0.15) is 36.9 Å². The molecule has 1 saturated heterocycles. The molecule has 7 heteroatoms. The van der Waals surface area contributed by atoms with Gasteiger partial charge in [0.1, 0.15) is 12.1 Å². The molecular weight excluding hydrogens is 416 g/mol. The van der Waals surface area contributed by atoms with Crippen LogP contribution in [0.3, 0.4) is 0 Å². The van der Waals surface area contributed by atoms with Crippen molar-refractivity contribution in [2.24, 2.45) is 11.8 Å². The van der Waals surface area contributed by atoms with Crippen LogP contribution in [0.2, 0.25) is 0 Å². The van der Waals surface area contributed by atoms with Gasteiger partial charge in [-0.25, -0.2) is 9.97 Å². The van der Waals surface area contributed by atoms with Gasteiger partial charge in [0.2, 0.25) is 0 Å². The molecule has 174 valence electrons. The number of aliphatic carboxylic acids is 1. The zero-order chi connectivity index (χ0) is 23.0. The number of aryl methyl sites for hydroxylation is 2. The Hall–Kier alpha value is -3.06. The Morgan fingerprint density at radius 1 is 1.15 bits per heavy atom. The lowest BCUT2D eigenvalue weighted by atomic mass is 9.81. The second kappa shape index (κ2) is 11.2. The second-order valence-corrected chi connectivity index (χ2v) is 8.84. The van der Waals surface area contributed by atoms with Crippen LogP contribution in [0.4, 0.5) is 0 Å². The average molecular weight is 449 g/mol. The van der Waals surface area contributed by atoms with Crippen LogP contribution in [0, 0.1) is 11.8 Å². The summed E-state index contributed by atoms with van der Waals surface area (Å²) >= 11 is 0. The quantitative estimate of drug-likeness (QED) is 0.501. The van der Waals surface area contributed by atoms with E-state index < -0.39 is 5.97 Å². The molecule has 0 unspecified atom stereocenters. The van der Waals surface area contributed by atoms with Gasteiger partial charge in [0.05, 0.1) is 18.5 Å². The van der Waals surface area contributed by atoms with Gasteiger partial charge in [-0.1, -0.05) is 0 Å². The van der Waals surface area contributed by atoms with E-state index in [-0.39, 0.29) is 11.8 Å². The van der Waals surface area contributed by atoms with Gasteiger partial charge in [0.25, 0.3) is 0 Å². The number of carbonyl (C=O) groups is 1. The van der Waals surface area contributed by atoms with E-state index in [0.29, 0.717) is 6.54 Å². The Morgan fingerprint density at radius 3 is 2.85 bits per heavy atom. The first-order chi connectivity index (χ1) is 16.1. The fourth-order valence-corrected chi connectivity index (χ4v) is 4.93. The first-order valence-electron chi connectivity index (χ1n) is 11.8. The minimum atomic E-state index is -0.667. The summed E-state index contributed by atoms with van der Waals surface area (Å²) in [6.45, 7) is 2.51. The number of hydrogen-bond acceptors (Lipinski definition) is 6. The third-order valence-electron chi connectivity index (χ3n) is 6.77. The SMILES string of the molecule is COc1ccc2nccc(CCC[C@@H]3CCN(CCCc4ccncn4)C[C@@H]3C(=O)O)c2c1. The summed E-state index contributed by atoms with van der Waals surface area (Å²) in [7, 11) is 1.67. The molecule has 3 aromatic rings. The Balaban J connectivity index is 1.29. The van der Waals surface area contributed by atoms with Crippen molar-refractivity contribution in [3.05, 3.63) is 60.3 Å². The predicted molar refractivity (Wildman–Crippen MR) is 127 cm³/mol. The number of rotatable bonds is 10. The van der Waals surface area contributed by atoms with E-state index in [1.54, 1.807) is 19.6 Å². The van der Waals surface area contributed by atoms with Crippen LogP contribution >= 0.6 is 0 Å².